The third-order valence-electron chi connectivity index (χ3n) is 2.48. The molecule has 0 fully saturated rings. The summed E-state index contributed by atoms with van der Waals surface area (Å²) in [6.45, 7) is 9.86. The van der Waals surface area contributed by atoms with Crippen molar-refractivity contribution < 1.29 is 9.53 Å². The molecule has 0 bridgehead atoms. The first-order valence-electron chi connectivity index (χ1n) is 6.53. The Balaban J connectivity index is 2.71. The quantitative estimate of drug-likeness (QED) is 0.632. The van der Waals surface area contributed by atoms with Gasteiger partial charge in [-0.3, -0.25) is 4.79 Å². The standard InChI is InChI=1S/C16H23NO2/c1-5-11-17-14(15(18)19-16(2,3)4)12-13-9-7-6-8-10-13/h5-10,14,17H,1,11-12H2,2-4H3. The molecule has 1 aromatic carbocycles. The molecule has 0 amide bonds. The van der Waals surface area contributed by atoms with Gasteiger partial charge in [0.05, 0.1) is 0 Å². The lowest BCUT2D eigenvalue weighted by Gasteiger charge is -2.24. The van der Waals surface area contributed by atoms with E-state index in [1.54, 1.807) is 6.08 Å². The monoisotopic (exact) mass is 261 g/mol. The minimum Gasteiger partial charge on any atom is -0.459 e. The maximum atomic E-state index is 12.2. The highest BCUT2D eigenvalue weighted by atomic mass is 16.6. The number of carbonyl (C=O) groups excluding carboxylic acids is 1. The van der Waals surface area contributed by atoms with Crippen LogP contribution in [0.2, 0.25) is 0 Å². The van der Waals surface area contributed by atoms with Gasteiger partial charge in [0.25, 0.3) is 0 Å². The van der Waals surface area contributed by atoms with Crippen LogP contribution in [-0.4, -0.2) is 24.2 Å². The van der Waals surface area contributed by atoms with Crippen LogP contribution in [0.15, 0.2) is 43.0 Å². The lowest BCUT2D eigenvalue weighted by molar-refractivity contribution is -0.157. The molecule has 0 spiro atoms. The number of hydrogen-bond acceptors (Lipinski definition) is 3. The molecule has 0 heterocycles. The van der Waals surface area contributed by atoms with Crippen molar-refractivity contribution in [2.24, 2.45) is 0 Å². The van der Waals surface area contributed by atoms with E-state index in [1.165, 1.54) is 0 Å². The van der Waals surface area contributed by atoms with E-state index >= 15 is 0 Å². The van der Waals surface area contributed by atoms with Gasteiger partial charge in [0.15, 0.2) is 0 Å². The second-order valence-electron chi connectivity index (χ2n) is 5.47. The topological polar surface area (TPSA) is 38.3 Å². The van der Waals surface area contributed by atoms with E-state index in [9.17, 15) is 4.79 Å². The smallest absolute Gasteiger partial charge is 0.324 e. The molecule has 0 radical (unpaired) electrons. The van der Waals surface area contributed by atoms with Crippen molar-refractivity contribution >= 4 is 5.97 Å². The van der Waals surface area contributed by atoms with Gasteiger partial charge in [0.1, 0.15) is 11.6 Å². The fraction of sp³-hybridized carbons (Fsp3) is 0.438. The van der Waals surface area contributed by atoms with Crippen LogP contribution in [0.25, 0.3) is 0 Å². The highest BCUT2D eigenvalue weighted by Crippen LogP contribution is 2.11. The van der Waals surface area contributed by atoms with Gasteiger partial charge < -0.3 is 10.1 Å². The summed E-state index contributed by atoms with van der Waals surface area (Å²) >= 11 is 0. The van der Waals surface area contributed by atoms with Crippen molar-refractivity contribution in [3.63, 3.8) is 0 Å². The van der Waals surface area contributed by atoms with Gasteiger partial charge in [0.2, 0.25) is 0 Å². The zero-order valence-electron chi connectivity index (χ0n) is 12.0. The van der Waals surface area contributed by atoms with Gasteiger partial charge in [0, 0.05) is 6.54 Å². The number of benzene rings is 1. The van der Waals surface area contributed by atoms with Crippen molar-refractivity contribution in [2.45, 2.75) is 38.8 Å². The molecule has 104 valence electrons. The minimum absolute atomic E-state index is 0.224. The van der Waals surface area contributed by atoms with Crippen LogP contribution in [-0.2, 0) is 16.0 Å². The minimum atomic E-state index is -0.470. The van der Waals surface area contributed by atoms with Crippen molar-refractivity contribution in [3.8, 4) is 0 Å². The molecule has 3 heteroatoms. The molecule has 1 rings (SSSR count). The number of nitrogens with one attached hydrogen (secondary N) is 1. The molecule has 19 heavy (non-hydrogen) atoms. The summed E-state index contributed by atoms with van der Waals surface area (Å²) < 4.78 is 5.43. The highest BCUT2D eigenvalue weighted by molar-refractivity contribution is 5.76. The molecule has 3 nitrogen and oxygen atoms in total. The first-order chi connectivity index (χ1) is 8.92. The van der Waals surface area contributed by atoms with Crippen LogP contribution in [0.1, 0.15) is 26.3 Å². The normalized spacial score (nSPS) is 12.8. The second kappa shape index (κ2) is 7.10. The lowest BCUT2D eigenvalue weighted by Crippen LogP contribution is -2.42. The summed E-state index contributed by atoms with van der Waals surface area (Å²) in [6.07, 6.45) is 2.35. The number of carbonyl (C=O) groups is 1. The summed E-state index contributed by atoms with van der Waals surface area (Å²) in [7, 11) is 0. The molecule has 1 aromatic rings. The van der Waals surface area contributed by atoms with Gasteiger partial charge >= 0.3 is 5.97 Å². The Morgan fingerprint density at radius 3 is 2.53 bits per heavy atom. The van der Waals surface area contributed by atoms with Crippen molar-refractivity contribution in [3.05, 3.63) is 48.6 Å². The maximum Gasteiger partial charge on any atom is 0.324 e. The zero-order chi connectivity index (χ0) is 14.3. The van der Waals surface area contributed by atoms with E-state index in [2.05, 4.69) is 11.9 Å². The van der Waals surface area contributed by atoms with Crippen molar-refractivity contribution in [1.29, 1.82) is 0 Å². The molecule has 1 N–H and O–H groups in total. The Morgan fingerprint density at radius 1 is 1.37 bits per heavy atom. The third kappa shape index (κ3) is 6.20. The molecule has 1 atom stereocenters. The van der Waals surface area contributed by atoms with Gasteiger partial charge in [-0.1, -0.05) is 36.4 Å². The summed E-state index contributed by atoms with van der Waals surface area (Å²) in [5.74, 6) is -0.224. The first kappa shape index (κ1) is 15.4. The predicted molar refractivity (Wildman–Crippen MR) is 78.0 cm³/mol. The Morgan fingerprint density at radius 2 is 2.00 bits per heavy atom. The van der Waals surface area contributed by atoms with Gasteiger partial charge in [-0.05, 0) is 32.8 Å². The van der Waals surface area contributed by atoms with Gasteiger partial charge in [-0.25, -0.2) is 0 Å². The molecule has 0 aliphatic rings. The predicted octanol–water partition coefficient (Wildman–Crippen LogP) is 2.72. The van der Waals surface area contributed by atoms with Crippen LogP contribution >= 0.6 is 0 Å². The summed E-state index contributed by atoms with van der Waals surface area (Å²) in [4.78, 5) is 12.2. The second-order valence-corrected chi connectivity index (χ2v) is 5.47. The first-order valence-corrected chi connectivity index (χ1v) is 6.53. The largest absolute Gasteiger partial charge is 0.459 e. The Kier molecular flexibility index (Phi) is 5.77. The Hall–Kier alpha value is -1.61. The van der Waals surface area contributed by atoms with Crippen LogP contribution < -0.4 is 5.32 Å². The fourth-order valence-corrected chi connectivity index (χ4v) is 1.69. The molecular weight excluding hydrogens is 238 g/mol. The van der Waals surface area contributed by atoms with Gasteiger partial charge in [-0.15, -0.1) is 6.58 Å². The molecule has 0 aliphatic carbocycles. The molecule has 1 unspecified atom stereocenters. The van der Waals surface area contributed by atoms with Crippen molar-refractivity contribution in [2.75, 3.05) is 6.54 Å². The van der Waals surface area contributed by atoms with E-state index < -0.39 is 5.60 Å². The van der Waals surface area contributed by atoms with Crippen LogP contribution in [0.5, 0.6) is 0 Å². The van der Waals surface area contributed by atoms with E-state index in [1.807, 2.05) is 51.1 Å². The number of esters is 1. The maximum absolute atomic E-state index is 12.2. The van der Waals surface area contributed by atoms with Crippen LogP contribution in [0.4, 0.5) is 0 Å². The van der Waals surface area contributed by atoms with Gasteiger partial charge in [-0.2, -0.15) is 0 Å². The summed E-state index contributed by atoms with van der Waals surface area (Å²) in [5, 5.41) is 3.15. The fourth-order valence-electron chi connectivity index (χ4n) is 1.69. The van der Waals surface area contributed by atoms with E-state index in [-0.39, 0.29) is 12.0 Å². The third-order valence-corrected chi connectivity index (χ3v) is 2.48. The van der Waals surface area contributed by atoms with Crippen LogP contribution in [0.3, 0.4) is 0 Å². The molecule has 0 saturated heterocycles. The number of ether oxygens (including phenoxy) is 1. The van der Waals surface area contributed by atoms with Crippen LogP contribution in [0, 0.1) is 0 Å². The average Bonchev–Trinajstić information content (AvgIpc) is 2.33. The highest BCUT2D eigenvalue weighted by Gasteiger charge is 2.24. The van der Waals surface area contributed by atoms with Crippen molar-refractivity contribution in [1.82, 2.24) is 5.32 Å². The number of hydrogen-bond donors (Lipinski definition) is 1. The van der Waals surface area contributed by atoms with E-state index in [0.717, 1.165) is 5.56 Å². The Labute approximate surface area is 115 Å². The molecular formula is C16H23NO2. The zero-order valence-corrected chi connectivity index (χ0v) is 12.0. The SMILES string of the molecule is C=CCNC(Cc1ccccc1)C(=O)OC(C)(C)C. The lowest BCUT2D eigenvalue weighted by atomic mass is 10.1. The molecule has 0 aromatic heterocycles. The summed E-state index contributed by atoms with van der Waals surface area (Å²) in [5.41, 5.74) is 0.636. The number of rotatable bonds is 6. The van der Waals surface area contributed by atoms with E-state index in [0.29, 0.717) is 13.0 Å². The van der Waals surface area contributed by atoms with E-state index in [4.69, 9.17) is 4.74 Å². The molecule has 0 saturated carbocycles. The Bertz CT molecular complexity index is 407. The summed E-state index contributed by atoms with van der Waals surface area (Å²) in [6, 6.07) is 9.56. The average molecular weight is 261 g/mol. The molecule has 0 aliphatic heterocycles.